The van der Waals surface area contributed by atoms with Crippen LogP contribution >= 0.6 is 0 Å². The Balaban J connectivity index is 2.72. The maximum Gasteiger partial charge on any atom is 0.319 e. The molecular weight excluding hydrogens is 256 g/mol. The number of carboxylic acids is 1. The molecule has 5 nitrogen and oxygen atoms in total. The van der Waals surface area contributed by atoms with Crippen LogP contribution in [-0.2, 0) is 17.6 Å². The summed E-state index contributed by atoms with van der Waals surface area (Å²) in [6, 6.07) is 5.57. The van der Waals surface area contributed by atoms with Crippen molar-refractivity contribution in [3.8, 4) is 0 Å². The van der Waals surface area contributed by atoms with Gasteiger partial charge in [0.2, 0.25) is 0 Å². The Kier molecular flexibility index (Phi) is 6.03. The summed E-state index contributed by atoms with van der Waals surface area (Å²) in [5.74, 6) is -1.53. The SMILES string of the molecule is CCc1cccc(CC)c1NC(=O)NCC(C)C(=O)O. The van der Waals surface area contributed by atoms with Gasteiger partial charge in [0.25, 0.3) is 0 Å². The molecule has 1 aromatic carbocycles. The third-order valence-corrected chi connectivity index (χ3v) is 3.23. The number of carbonyl (C=O) groups excluding carboxylic acids is 1. The number of amides is 2. The summed E-state index contributed by atoms with van der Waals surface area (Å²) in [4.78, 5) is 22.6. The fraction of sp³-hybridized carbons (Fsp3) is 0.467. The van der Waals surface area contributed by atoms with Gasteiger partial charge in [-0.05, 0) is 24.0 Å². The highest BCUT2D eigenvalue weighted by Gasteiger charge is 2.13. The molecule has 1 aromatic rings. The Morgan fingerprint density at radius 3 is 2.20 bits per heavy atom. The summed E-state index contributed by atoms with van der Waals surface area (Å²) in [7, 11) is 0. The number of urea groups is 1. The van der Waals surface area contributed by atoms with Gasteiger partial charge < -0.3 is 15.7 Å². The first-order chi connectivity index (χ1) is 9.49. The lowest BCUT2D eigenvalue weighted by molar-refractivity contribution is -0.140. The Morgan fingerprint density at radius 2 is 1.75 bits per heavy atom. The molecule has 1 atom stereocenters. The third-order valence-electron chi connectivity index (χ3n) is 3.23. The summed E-state index contributed by atoms with van der Waals surface area (Å²) in [6.07, 6.45) is 1.66. The topological polar surface area (TPSA) is 78.4 Å². The maximum atomic E-state index is 11.9. The number of carbonyl (C=O) groups is 2. The van der Waals surface area contributed by atoms with Gasteiger partial charge in [-0.25, -0.2) is 4.79 Å². The summed E-state index contributed by atoms with van der Waals surface area (Å²) < 4.78 is 0. The van der Waals surface area contributed by atoms with Crippen LogP contribution in [0.3, 0.4) is 0 Å². The zero-order valence-electron chi connectivity index (χ0n) is 12.2. The molecule has 0 bridgehead atoms. The van der Waals surface area contributed by atoms with E-state index in [0.29, 0.717) is 0 Å². The molecule has 0 radical (unpaired) electrons. The van der Waals surface area contributed by atoms with Crippen LogP contribution in [0, 0.1) is 5.92 Å². The van der Waals surface area contributed by atoms with Crippen molar-refractivity contribution >= 4 is 17.7 Å². The van der Waals surface area contributed by atoms with E-state index in [1.165, 1.54) is 0 Å². The third kappa shape index (κ3) is 4.26. The quantitative estimate of drug-likeness (QED) is 0.748. The van der Waals surface area contributed by atoms with Crippen molar-refractivity contribution in [3.63, 3.8) is 0 Å². The van der Waals surface area contributed by atoms with E-state index in [1.807, 2.05) is 32.0 Å². The number of benzene rings is 1. The maximum absolute atomic E-state index is 11.9. The summed E-state index contributed by atoms with van der Waals surface area (Å²) in [5, 5.41) is 14.2. The second-order valence-electron chi connectivity index (χ2n) is 4.73. The standard InChI is InChI=1S/C15H22N2O3/c1-4-11-7-6-8-12(5-2)13(11)17-15(20)16-9-10(3)14(18)19/h6-8,10H,4-5,9H2,1-3H3,(H,18,19)(H2,16,17,20). The number of nitrogens with one attached hydrogen (secondary N) is 2. The van der Waals surface area contributed by atoms with E-state index in [0.717, 1.165) is 29.7 Å². The number of aliphatic carboxylic acids is 1. The molecule has 0 aliphatic heterocycles. The van der Waals surface area contributed by atoms with E-state index < -0.39 is 11.9 Å². The molecule has 20 heavy (non-hydrogen) atoms. The monoisotopic (exact) mass is 278 g/mol. The molecule has 0 aliphatic carbocycles. The predicted molar refractivity (Wildman–Crippen MR) is 79.0 cm³/mol. The summed E-state index contributed by atoms with van der Waals surface area (Å²) in [6.45, 7) is 5.73. The first kappa shape index (κ1) is 16.0. The number of carboxylic acid groups (broad SMARTS) is 1. The lowest BCUT2D eigenvalue weighted by Crippen LogP contribution is -2.35. The highest BCUT2D eigenvalue weighted by molar-refractivity contribution is 5.91. The van der Waals surface area contributed by atoms with Crippen molar-refractivity contribution < 1.29 is 14.7 Å². The second-order valence-corrected chi connectivity index (χ2v) is 4.73. The smallest absolute Gasteiger partial charge is 0.319 e. The van der Waals surface area contributed by atoms with Gasteiger partial charge in [0.05, 0.1) is 5.92 Å². The first-order valence-corrected chi connectivity index (χ1v) is 6.88. The first-order valence-electron chi connectivity index (χ1n) is 6.88. The number of anilines is 1. The fourth-order valence-corrected chi connectivity index (χ4v) is 1.89. The molecule has 5 heteroatoms. The van der Waals surface area contributed by atoms with Crippen LogP contribution in [0.4, 0.5) is 10.5 Å². The minimum Gasteiger partial charge on any atom is -0.481 e. The molecule has 1 rings (SSSR count). The van der Waals surface area contributed by atoms with Gasteiger partial charge in [0.15, 0.2) is 0 Å². The Hall–Kier alpha value is -2.04. The van der Waals surface area contributed by atoms with E-state index in [9.17, 15) is 9.59 Å². The van der Waals surface area contributed by atoms with Gasteiger partial charge in [-0.2, -0.15) is 0 Å². The Labute approximate surface area is 119 Å². The van der Waals surface area contributed by atoms with Gasteiger partial charge in [-0.15, -0.1) is 0 Å². The van der Waals surface area contributed by atoms with Crippen molar-refractivity contribution in [2.24, 2.45) is 5.92 Å². The summed E-state index contributed by atoms with van der Waals surface area (Å²) >= 11 is 0. The number of hydrogen-bond acceptors (Lipinski definition) is 2. The van der Waals surface area contributed by atoms with Gasteiger partial charge in [-0.3, -0.25) is 4.79 Å². The minimum absolute atomic E-state index is 0.108. The zero-order chi connectivity index (χ0) is 15.1. The van der Waals surface area contributed by atoms with Crippen LogP contribution in [-0.4, -0.2) is 23.7 Å². The van der Waals surface area contributed by atoms with Gasteiger partial charge in [0.1, 0.15) is 0 Å². The van der Waals surface area contributed by atoms with E-state index in [2.05, 4.69) is 10.6 Å². The molecule has 1 unspecified atom stereocenters. The summed E-state index contributed by atoms with van der Waals surface area (Å²) in [5.41, 5.74) is 2.98. The van der Waals surface area contributed by atoms with Crippen LogP contribution in [0.1, 0.15) is 31.9 Å². The average Bonchev–Trinajstić information content (AvgIpc) is 2.44. The van der Waals surface area contributed by atoms with Crippen molar-refractivity contribution in [3.05, 3.63) is 29.3 Å². The van der Waals surface area contributed by atoms with Gasteiger partial charge in [-0.1, -0.05) is 39.0 Å². The Morgan fingerprint density at radius 1 is 1.20 bits per heavy atom. The number of rotatable bonds is 6. The molecule has 2 amide bonds. The van der Waals surface area contributed by atoms with Crippen molar-refractivity contribution in [1.82, 2.24) is 5.32 Å². The minimum atomic E-state index is -0.923. The molecule has 0 aromatic heterocycles. The van der Waals surface area contributed by atoms with Crippen molar-refractivity contribution in [2.45, 2.75) is 33.6 Å². The molecule has 0 saturated heterocycles. The Bertz CT molecular complexity index is 464. The van der Waals surface area contributed by atoms with Crippen LogP contribution < -0.4 is 10.6 Å². The molecule has 0 heterocycles. The van der Waals surface area contributed by atoms with E-state index in [-0.39, 0.29) is 12.6 Å². The number of para-hydroxylation sites is 1. The van der Waals surface area contributed by atoms with E-state index in [1.54, 1.807) is 6.92 Å². The van der Waals surface area contributed by atoms with Crippen molar-refractivity contribution in [2.75, 3.05) is 11.9 Å². The molecule has 3 N–H and O–H groups in total. The molecule has 0 spiro atoms. The zero-order valence-corrected chi connectivity index (χ0v) is 12.2. The largest absolute Gasteiger partial charge is 0.481 e. The molecule has 0 aliphatic rings. The highest BCUT2D eigenvalue weighted by atomic mass is 16.4. The second kappa shape index (κ2) is 7.53. The fourth-order valence-electron chi connectivity index (χ4n) is 1.89. The van der Waals surface area contributed by atoms with E-state index in [4.69, 9.17) is 5.11 Å². The highest BCUT2D eigenvalue weighted by Crippen LogP contribution is 2.22. The number of hydrogen-bond donors (Lipinski definition) is 3. The molecule has 110 valence electrons. The van der Waals surface area contributed by atoms with Gasteiger partial charge >= 0.3 is 12.0 Å². The lowest BCUT2D eigenvalue weighted by Gasteiger charge is -2.15. The predicted octanol–water partition coefficient (Wildman–Crippen LogP) is 2.65. The molecular formula is C15H22N2O3. The van der Waals surface area contributed by atoms with Crippen molar-refractivity contribution in [1.29, 1.82) is 0 Å². The number of aryl methyl sites for hydroxylation is 2. The van der Waals surface area contributed by atoms with E-state index >= 15 is 0 Å². The normalized spacial score (nSPS) is 11.8. The van der Waals surface area contributed by atoms with Crippen LogP contribution in [0.5, 0.6) is 0 Å². The van der Waals surface area contributed by atoms with Gasteiger partial charge in [0, 0.05) is 12.2 Å². The average molecular weight is 278 g/mol. The lowest BCUT2D eigenvalue weighted by atomic mass is 10.0. The molecule has 0 saturated carbocycles. The molecule has 0 fully saturated rings. The van der Waals surface area contributed by atoms with Crippen LogP contribution in [0.2, 0.25) is 0 Å². The van der Waals surface area contributed by atoms with Crippen LogP contribution in [0.15, 0.2) is 18.2 Å². The van der Waals surface area contributed by atoms with Crippen LogP contribution in [0.25, 0.3) is 0 Å².